The van der Waals surface area contributed by atoms with E-state index in [0.717, 1.165) is 0 Å². The lowest BCUT2D eigenvalue weighted by molar-refractivity contribution is -0.151. The van der Waals surface area contributed by atoms with Crippen LogP contribution in [0.2, 0.25) is 0 Å². The maximum Gasteiger partial charge on any atom is 0.290 e. The van der Waals surface area contributed by atoms with Crippen molar-refractivity contribution >= 4 is 17.6 Å². The molecule has 1 rings (SSSR count). The fourth-order valence-electron chi connectivity index (χ4n) is 2.30. The number of rotatable bonds is 8. The van der Waals surface area contributed by atoms with Crippen LogP contribution in [0.5, 0.6) is 0 Å². The zero-order valence-corrected chi connectivity index (χ0v) is 15.5. The number of carbonyl (C=O) groups is 2. The molecule has 0 aromatic carbocycles. The molecule has 0 aromatic rings. The van der Waals surface area contributed by atoms with Crippen molar-refractivity contribution in [3.63, 3.8) is 0 Å². The van der Waals surface area contributed by atoms with Crippen molar-refractivity contribution in [3.05, 3.63) is 11.4 Å². The fraction of sp³-hybridized carbons (Fsp3) is 0.643. The van der Waals surface area contributed by atoms with Crippen LogP contribution < -0.4 is 22.4 Å². The van der Waals surface area contributed by atoms with E-state index in [1.54, 1.807) is 19.0 Å². The summed E-state index contributed by atoms with van der Waals surface area (Å²) in [6.45, 7) is -0.224. The van der Waals surface area contributed by atoms with Gasteiger partial charge < -0.3 is 36.0 Å². The van der Waals surface area contributed by atoms with Gasteiger partial charge in [0.25, 0.3) is 5.91 Å². The number of hydrazine groups is 1. The van der Waals surface area contributed by atoms with Gasteiger partial charge in [0.2, 0.25) is 5.91 Å². The van der Waals surface area contributed by atoms with Gasteiger partial charge in [0.1, 0.15) is 24.0 Å². The molecule has 11 N–H and O–H groups in total. The summed E-state index contributed by atoms with van der Waals surface area (Å²) in [6.07, 6.45) is -5.82. The number of nitrogens with two attached hydrogens (primary N) is 2. The molecular formula is C14H27N7O7. The summed E-state index contributed by atoms with van der Waals surface area (Å²) in [7, 11) is 3.51. The first-order valence-electron chi connectivity index (χ1n) is 8.19. The van der Waals surface area contributed by atoms with Crippen LogP contribution in [0, 0.1) is 5.41 Å². The molecule has 4 unspecified atom stereocenters. The van der Waals surface area contributed by atoms with Gasteiger partial charge in [-0.3, -0.25) is 25.7 Å². The van der Waals surface area contributed by atoms with E-state index in [1.165, 1.54) is 5.48 Å². The Morgan fingerprint density at radius 1 is 1.25 bits per heavy atom. The molecule has 0 spiro atoms. The van der Waals surface area contributed by atoms with Crippen LogP contribution in [0.15, 0.2) is 11.4 Å². The van der Waals surface area contributed by atoms with Gasteiger partial charge in [-0.15, -0.1) is 0 Å². The first-order chi connectivity index (χ1) is 13.0. The van der Waals surface area contributed by atoms with Crippen LogP contribution in [0.4, 0.5) is 0 Å². The molecule has 0 aromatic heterocycles. The number of carbonyl (C=O) groups excluding carboxylic acids is 2. The van der Waals surface area contributed by atoms with Crippen LogP contribution in [0.3, 0.4) is 0 Å². The Hall–Kier alpha value is -2.33. The molecule has 4 atom stereocenters. The van der Waals surface area contributed by atoms with E-state index in [-0.39, 0.29) is 6.42 Å². The third-order valence-corrected chi connectivity index (χ3v) is 3.94. The molecule has 1 fully saturated rings. The second-order valence-electron chi connectivity index (χ2n) is 6.32. The molecule has 14 heteroatoms. The third kappa shape index (κ3) is 5.59. The fourth-order valence-corrected chi connectivity index (χ4v) is 2.30. The summed E-state index contributed by atoms with van der Waals surface area (Å²) in [5.74, 6) is 3.18. The summed E-state index contributed by atoms with van der Waals surface area (Å²) in [6, 6.07) is 0. The molecule has 160 valence electrons. The number of hydrogen-bond acceptors (Lipinski definition) is 12. The van der Waals surface area contributed by atoms with E-state index in [4.69, 9.17) is 26.8 Å². The number of amides is 2. The highest BCUT2D eigenvalue weighted by Gasteiger charge is 2.46. The monoisotopic (exact) mass is 405 g/mol. The normalized spacial score (nSPS) is 25.3. The predicted octanol–water partition coefficient (Wildman–Crippen LogP) is -4.68. The maximum atomic E-state index is 12.4. The number of nitrogens with one attached hydrogen (secondary N) is 3. The van der Waals surface area contributed by atoms with E-state index in [1.807, 2.05) is 0 Å². The lowest BCUT2D eigenvalue weighted by Crippen LogP contribution is -2.53. The first kappa shape index (κ1) is 23.7. The molecule has 1 saturated heterocycles. The van der Waals surface area contributed by atoms with Crippen LogP contribution in [0.25, 0.3) is 0 Å². The summed E-state index contributed by atoms with van der Waals surface area (Å²) in [4.78, 5) is 26.0. The SMILES string of the molecule is CN(C)CCC(=O)NC(=N)/C(N)=C(\NO)C(=O)N(N)C1OC(CO)C(O)C1O. The third-order valence-electron chi connectivity index (χ3n) is 3.94. The summed E-state index contributed by atoms with van der Waals surface area (Å²) >= 11 is 0. The van der Waals surface area contributed by atoms with E-state index < -0.39 is 60.2 Å². The van der Waals surface area contributed by atoms with Gasteiger partial charge in [0.05, 0.1) is 6.61 Å². The highest BCUT2D eigenvalue weighted by molar-refractivity contribution is 6.10. The Kier molecular flexibility index (Phi) is 8.70. The van der Waals surface area contributed by atoms with Crippen molar-refractivity contribution < 1.29 is 34.9 Å². The maximum absolute atomic E-state index is 12.4. The van der Waals surface area contributed by atoms with Crippen LogP contribution >= 0.6 is 0 Å². The van der Waals surface area contributed by atoms with Gasteiger partial charge in [-0.2, -0.15) is 0 Å². The van der Waals surface area contributed by atoms with Crippen LogP contribution in [0.1, 0.15) is 6.42 Å². The number of aliphatic hydroxyl groups is 3. The molecular weight excluding hydrogens is 378 g/mol. The van der Waals surface area contributed by atoms with Crippen molar-refractivity contribution in [1.29, 1.82) is 5.41 Å². The van der Waals surface area contributed by atoms with E-state index in [9.17, 15) is 25.0 Å². The minimum atomic E-state index is -1.64. The van der Waals surface area contributed by atoms with E-state index in [2.05, 4.69) is 5.32 Å². The van der Waals surface area contributed by atoms with Crippen molar-refractivity contribution in [1.82, 2.24) is 20.7 Å². The molecule has 2 amide bonds. The molecule has 14 nitrogen and oxygen atoms in total. The smallest absolute Gasteiger partial charge is 0.290 e. The molecule has 1 aliphatic heterocycles. The first-order valence-corrected chi connectivity index (χ1v) is 8.19. The van der Waals surface area contributed by atoms with Gasteiger partial charge in [-0.1, -0.05) is 0 Å². The molecule has 0 bridgehead atoms. The highest BCUT2D eigenvalue weighted by atomic mass is 16.6. The number of ether oxygens (including phenoxy) is 1. The van der Waals surface area contributed by atoms with Crippen LogP contribution in [-0.4, -0.2) is 99.9 Å². The van der Waals surface area contributed by atoms with Crippen molar-refractivity contribution in [2.75, 3.05) is 27.2 Å². The van der Waals surface area contributed by atoms with Gasteiger partial charge in [0.15, 0.2) is 17.8 Å². The largest absolute Gasteiger partial charge is 0.394 e. The Morgan fingerprint density at radius 2 is 1.86 bits per heavy atom. The van der Waals surface area contributed by atoms with Gasteiger partial charge in [-0.25, -0.2) is 10.9 Å². The number of hydrogen-bond donors (Lipinski definition) is 9. The van der Waals surface area contributed by atoms with Gasteiger partial charge in [-0.05, 0) is 14.1 Å². The number of aliphatic hydroxyl groups excluding tert-OH is 3. The second-order valence-corrected chi connectivity index (χ2v) is 6.32. The zero-order chi connectivity index (χ0) is 21.6. The number of amidine groups is 1. The average molecular weight is 405 g/mol. The van der Waals surface area contributed by atoms with E-state index in [0.29, 0.717) is 11.6 Å². The summed E-state index contributed by atoms with van der Waals surface area (Å²) in [5.41, 5.74) is 5.74. The van der Waals surface area contributed by atoms with Crippen molar-refractivity contribution in [2.45, 2.75) is 31.0 Å². The van der Waals surface area contributed by atoms with E-state index >= 15 is 0 Å². The molecule has 1 heterocycles. The van der Waals surface area contributed by atoms with Gasteiger partial charge >= 0.3 is 0 Å². The Labute approximate surface area is 160 Å². The summed E-state index contributed by atoms with van der Waals surface area (Å²) < 4.78 is 5.10. The quantitative estimate of drug-likeness (QED) is 0.0465. The Morgan fingerprint density at radius 3 is 2.32 bits per heavy atom. The van der Waals surface area contributed by atoms with Gasteiger partial charge in [0, 0.05) is 13.0 Å². The predicted molar refractivity (Wildman–Crippen MR) is 94.0 cm³/mol. The van der Waals surface area contributed by atoms with Crippen molar-refractivity contribution in [2.24, 2.45) is 11.6 Å². The molecule has 0 radical (unpaired) electrons. The standard InChI is InChI=1S/C14H27N7O7/c1-20(2)4-3-7(23)18-12(16)8(15)9(19-27)13(26)21(17)14-11(25)10(24)6(5-22)28-14/h6,10-11,14,19,22,24-25,27H,3-5,15,17H2,1-2H3,(H2,16,18,23)/b9-8+. The Balaban J connectivity index is 2.90. The molecule has 28 heavy (non-hydrogen) atoms. The number of hydroxylamine groups is 1. The lowest BCUT2D eigenvalue weighted by Gasteiger charge is -2.26. The second kappa shape index (κ2) is 10.3. The molecule has 1 aliphatic rings. The molecule has 0 aliphatic carbocycles. The van der Waals surface area contributed by atoms with Crippen molar-refractivity contribution in [3.8, 4) is 0 Å². The minimum Gasteiger partial charge on any atom is -0.394 e. The average Bonchev–Trinajstić information content (AvgIpc) is 2.94. The topological polar surface area (TPSA) is 231 Å². The minimum absolute atomic E-state index is 0.0596. The Bertz CT molecular complexity index is 627. The summed E-state index contributed by atoms with van der Waals surface area (Å²) in [5, 5.41) is 48.2. The zero-order valence-electron chi connectivity index (χ0n) is 15.5. The lowest BCUT2D eigenvalue weighted by atomic mass is 10.1. The van der Waals surface area contributed by atoms with Crippen LogP contribution in [-0.2, 0) is 14.3 Å². The number of nitrogens with zero attached hydrogens (tertiary/aromatic N) is 2. The highest BCUT2D eigenvalue weighted by Crippen LogP contribution is 2.23. The molecule has 0 saturated carbocycles.